The lowest BCUT2D eigenvalue weighted by Gasteiger charge is -1.97. The second-order valence-electron chi connectivity index (χ2n) is 22.1. The van der Waals surface area contributed by atoms with E-state index < -0.39 is 0 Å². The van der Waals surface area contributed by atoms with Crippen LogP contribution in [0.1, 0.15) is 31.6 Å². The number of carbonyl (C=O) groups is 1. The van der Waals surface area contributed by atoms with Crippen LogP contribution < -0.4 is 16.7 Å². The molecule has 11 heterocycles. The van der Waals surface area contributed by atoms with Gasteiger partial charge >= 0.3 is 0 Å². The molecule has 0 saturated carbocycles. The number of allylic oxidation sites excluding steroid dienone is 1. The van der Waals surface area contributed by atoms with Crippen molar-refractivity contribution < 1.29 is 14.6 Å². The average molecular weight is 1410 g/mol. The third kappa shape index (κ3) is 12.4. The van der Waals surface area contributed by atoms with E-state index in [9.17, 15) is 4.79 Å². The minimum atomic E-state index is -0.122. The zero-order chi connectivity index (χ0) is 64.4. The van der Waals surface area contributed by atoms with Crippen LogP contribution in [0.4, 0.5) is 0 Å². The normalized spacial score (nSPS) is 11.0. The first-order chi connectivity index (χ1) is 46.7. The minimum Gasteiger partial charge on any atom is -0.412 e. The number of imidazole rings is 3. The first-order valence-corrected chi connectivity index (χ1v) is 31.6. The Bertz CT molecular complexity index is 6150. The van der Waals surface area contributed by atoms with Crippen molar-refractivity contribution in [1.29, 1.82) is 10.5 Å². The van der Waals surface area contributed by atoms with Crippen LogP contribution in [0, 0.1) is 22.7 Å². The zero-order valence-corrected chi connectivity index (χ0v) is 54.3. The van der Waals surface area contributed by atoms with Gasteiger partial charge in [0.05, 0.1) is 62.9 Å². The van der Waals surface area contributed by atoms with E-state index in [1.54, 1.807) is 30.9 Å². The van der Waals surface area contributed by atoms with E-state index in [0.717, 1.165) is 136 Å². The van der Waals surface area contributed by atoms with Gasteiger partial charge in [-0.2, -0.15) is 10.5 Å². The van der Waals surface area contributed by atoms with Crippen LogP contribution in [0.3, 0.4) is 0 Å². The average Bonchev–Trinajstić information content (AvgIpc) is 1.64. The van der Waals surface area contributed by atoms with Crippen LogP contribution in [0.15, 0.2) is 247 Å². The van der Waals surface area contributed by atoms with Crippen molar-refractivity contribution in [3.63, 3.8) is 0 Å². The largest absolute Gasteiger partial charge is 0.412 e. The van der Waals surface area contributed by atoms with E-state index in [4.69, 9.17) is 10.5 Å². The number of para-hydroxylation sites is 5. The molecule has 1 aliphatic rings. The fourth-order valence-corrected chi connectivity index (χ4v) is 12.5. The van der Waals surface area contributed by atoms with Gasteiger partial charge in [-0.25, -0.2) is 15.0 Å². The van der Waals surface area contributed by atoms with Crippen LogP contribution in [0.5, 0.6) is 0 Å². The number of fused-ring (bicyclic) bond motifs is 8. The maximum absolute atomic E-state index is 12.8. The van der Waals surface area contributed by atoms with Crippen molar-refractivity contribution in [2.24, 2.45) is 0 Å². The highest BCUT2D eigenvalue weighted by atomic mass is 79.9. The van der Waals surface area contributed by atoms with Crippen LogP contribution in [-0.4, -0.2) is 81.0 Å². The summed E-state index contributed by atoms with van der Waals surface area (Å²) in [6.45, 7) is 0. The number of benzene rings is 7. The van der Waals surface area contributed by atoms with Gasteiger partial charge in [-0.3, -0.25) is 4.79 Å². The highest BCUT2D eigenvalue weighted by molar-refractivity contribution is 9.10. The maximum atomic E-state index is 12.8. The Hall–Kier alpha value is -12.9. The highest BCUT2D eigenvalue weighted by Gasteiger charge is 2.20. The number of hydrogen-bond acceptors (Lipinski definition) is 7. The van der Waals surface area contributed by atoms with Gasteiger partial charge in [-0.05, 0) is 66.7 Å². The fraction of sp³-hybridized carbons (Fsp3) is 0. The van der Waals surface area contributed by atoms with Gasteiger partial charge in [0.1, 0.15) is 23.8 Å². The van der Waals surface area contributed by atoms with E-state index in [1.807, 2.05) is 147 Å². The van der Waals surface area contributed by atoms with Gasteiger partial charge in [0.15, 0.2) is 5.82 Å². The molecule has 0 spiro atoms. The molecule has 1 aliphatic carbocycles. The molecular formula is C76H61Br2N17O2. The zero-order valence-electron chi connectivity index (χ0n) is 51.1. The van der Waals surface area contributed by atoms with Crippen molar-refractivity contribution in [2.45, 2.75) is 0 Å². The topological polar surface area (TPSA) is 344 Å². The number of nitrogens with one attached hydrogen (secondary N) is 11. The van der Waals surface area contributed by atoms with Gasteiger partial charge in [0, 0.05) is 167 Å². The lowest BCUT2D eigenvalue weighted by molar-refractivity contribution is 0.103. The Morgan fingerprint density at radius 1 is 0.423 bits per heavy atom. The van der Waals surface area contributed by atoms with Gasteiger partial charge in [-0.15, -0.1) is 0 Å². The Labute approximate surface area is 571 Å². The summed E-state index contributed by atoms with van der Waals surface area (Å²) in [5, 5.41) is 26.8. The first kappa shape index (κ1) is 62.8. The summed E-state index contributed by atoms with van der Waals surface area (Å²) in [6, 6.07) is 56.8. The highest BCUT2D eigenvalue weighted by Crippen LogP contribution is 2.35. The van der Waals surface area contributed by atoms with E-state index >= 15 is 0 Å². The molecule has 0 aliphatic heterocycles. The smallest absolute Gasteiger partial charge is 0.230 e. The molecule has 18 aromatic rings. The number of nitrogens with zero attached hydrogens (tertiary/aromatic N) is 5. The van der Waals surface area contributed by atoms with Crippen molar-refractivity contribution in [2.75, 3.05) is 0 Å². The Balaban J connectivity index is 0.000000138. The summed E-state index contributed by atoms with van der Waals surface area (Å²) < 4.78 is 2.07. The molecule has 16 N–H and O–H groups in total. The number of carbonyl (C=O) groups excluding carboxylic acids is 1. The molecular weight excluding hydrogens is 1340 g/mol. The molecule has 19 nitrogen and oxygen atoms in total. The molecule has 0 unspecified atom stereocenters. The lowest BCUT2D eigenvalue weighted by Crippen LogP contribution is -2.23. The van der Waals surface area contributed by atoms with Gasteiger partial charge in [0.25, 0.3) is 0 Å². The molecule has 0 atom stereocenters. The lowest BCUT2D eigenvalue weighted by atomic mass is 10.1. The summed E-state index contributed by atoms with van der Waals surface area (Å²) in [5.74, 6) is 1.96. The molecule has 0 radical (unpaired) electrons. The van der Waals surface area contributed by atoms with E-state index in [0.29, 0.717) is 22.5 Å². The molecule has 0 bridgehead atoms. The minimum absolute atomic E-state index is 0. The monoisotopic (exact) mass is 1400 g/mol. The molecule has 7 aromatic carbocycles. The van der Waals surface area contributed by atoms with Gasteiger partial charge < -0.3 is 66.5 Å². The second kappa shape index (κ2) is 27.3. The number of ketones is 1. The summed E-state index contributed by atoms with van der Waals surface area (Å²) in [6.07, 6.45) is 24.2. The Morgan fingerprint density at radius 2 is 0.814 bits per heavy atom. The Morgan fingerprint density at radius 3 is 1.34 bits per heavy atom. The molecule has 19 rings (SSSR count). The van der Waals surface area contributed by atoms with Crippen LogP contribution in [0.2, 0.25) is 0 Å². The predicted octanol–water partition coefficient (Wildman–Crippen LogP) is 17.1. The molecule has 0 saturated heterocycles. The summed E-state index contributed by atoms with van der Waals surface area (Å²) in [5.41, 5.74) is 23.3. The number of halogens is 2. The molecule has 0 amide bonds. The molecule has 476 valence electrons. The number of aromatic amines is 11. The van der Waals surface area contributed by atoms with E-state index in [-0.39, 0.29) is 21.7 Å². The van der Waals surface area contributed by atoms with E-state index in [1.165, 1.54) is 16.2 Å². The number of hydrogen-bond donors (Lipinski definition) is 12. The summed E-state index contributed by atoms with van der Waals surface area (Å²) in [7, 11) is 0. The number of nitriles is 2. The van der Waals surface area contributed by atoms with Crippen molar-refractivity contribution in [3.05, 3.63) is 280 Å². The predicted molar refractivity (Wildman–Crippen MR) is 398 cm³/mol. The standard InChI is InChI=1S/C20H14N4O.C19H13BrN4.C19H14N4.C9H5BrN2.C9H4N2.H3N.H2O.3H2/c25-19(15-10-22-17-8-4-2-6-13(15)17)20-23-11-18(24-20)14-9-21-16-7-3-1-5-12(14)16;20-11-5-6-13-15(9-22-17(13)7-11)19-23-10-18(24-19)14-8-21-16-4-2-1-3-12(14)16;1-3-7-16-12(5-1)14(9-20-16)18-11-22-19(23-18)15-10-21-17-8-4-2-6-13(15)17;10-7-1-2-8-6(4-11)5-12-9(8)3-7;10-5-7-6-11-9-4-2-1-3-8(7)9;;;;;/h1-11,21-22H,(H,23,24);1-10,21-22H,(H,23,24);1-11,20-21H,(H,22,23);1-3,5,12H;2,4,6,11H;1H3;1H2;3*1H/i;;;;;;;3*1+1. The second-order valence-corrected chi connectivity index (χ2v) is 23.9. The van der Waals surface area contributed by atoms with Gasteiger partial charge in [-0.1, -0.05) is 146 Å². The SMILES string of the molecule is Brc1ccc2c(-c3ncc(-c4c[nH]c5ccccc45)[nH]3)c[nH]c2c1.N.N#Cc1c[nH]c2c1=C=C=CC=2.N#Cc1c[nH]c2cc(Br)ccc12.O.O=C(c1ncc(-c2c[nH]c3ccccc23)[nH]1)c1c[nH]c2ccccc12.[2HH].[2HH].[2HH].c1ccc2c(-c3cnc(-c4c[nH]c5ccccc45)[nH]3)c[nH]c2c1. The van der Waals surface area contributed by atoms with Crippen molar-refractivity contribution >= 4 is 126 Å². The van der Waals surface area contributed by atoms with Crippen molar-refractivity contribution in [1.82, 2.24) is 75.9 Å². The van der Waals surface area contributed by atoms with Crippen LogP contribution in [0.25, 0.3) is 145 Å². The summed E-state index contributed by atoms with van der Waals surface area (Å²) >= 11 is 6.86. The quantitative estimate of drug-likeness (QED) is 0.0540. The fourth-order valence-electron chi connectivity index (χ4n) is 11.8. The maximum Gasteiger partial charge on any atom is 0.230 e. The first-order valence-electron chi connectivity index (χ1n) is 30.0. The Kier molecular flexibility index (Phi) is 17.7. The van der Waals surface area contributed by atoms with E-state index in [2.05, 4.69) is 186 Å². The third-order valence-electron chi connectivity index (χ3n) is 16.5. The van der Waals surface area contributed by atoms with Gasteiger partial charge in [0.2, 0.25) is 5.78 Å². The molecule has 21 heteroatoms. The summed E-state index contributed by atoms with van der Waals surface area (Å²) in [4.78, 5) is 62.0. The number of rotatable bonds is 7. The number of H-pyrrole nitrogens is 11. The molecule has 0 fully saturated rings. The third-order valence-corrected chi connectivity index (χ3v) is 17.5. The molecule has 97 heavy (non-hydrogen) atoms. The number of aromatic nitrogens is 14. The van der Waals surface area contributed by atoms with Crippen molar-refractivity contribution in [3.8, 4) is 68.7 Å². The van der Waals surface area contributed by atoms with Crippen LogP contribution >= 0.6 is 31.9 Å². The van der Waals surface area contributed by atoms with Crippen LogP contribution in [-0.2, 0) is 0 Å². The molecule has 11 aromatic heterocycles.